The lowest BCUT2D eigenvalue weighted by atomic mass is 9.86. The van der Waals surface area contributed by atoms with Gasteiger partial charge >= 0.3 is 0 Å². The predicted octanol–water partition coefficient (Wildman–Crippen LogP) is 4.94. The number of para-hydroxylation sites is 1. The van der Waals surface area contributed by atoms with Gasteiger partial charge in [-0.2, -0.15) is 0 Å². The van der Waals surface area contributed by atoms with Gasteiger partial charge in [0.25, 0.3) is 5.91 Å². The van der Waals surface area contributed by atoms with Crippen LogP contribution in [0.25, 0.3) is 0 Å². The summed E-state index contributed by atoms with van der Waals surface area (Å²) < 4.78 is 5.80. The van der Waals surface area contributed by atoms with Gasteiger partial charge in [0.05, 0.1) is 6.04 Å². The summed E-state index contributed by atoms with van der Waals surface area (Å²) in [5.74, 6) is 0.628. The number of amides is 1. The van der Waals surface area contributed by atoms with Crippen molar-refractivity contribution in [3.05, 3.63) is 65.2 Å². The Morgan fingerprint density at radius 1 is 1.00 bits per heavy atom. The van der Waals surface area contributed by atoms with E-state index in [1.165, 1.54) is 5.56 Å². The number of aryl methyl sites for hydroxylation is 1. The molecule has 2 aromatic carbocycles. The lowest BCUT2D eigenvalue weighted by Crippen LogP contribution is -2.37. The minimum Gasteiger partial charge on any atom is -0.481 e. The van der Waals surface area contributed by atoms with Crippen LogP contribution in [0.4, 0.5) is 0 Å². The summed E-state index contributed by atoms with van der Waals surface area (Å²) in [6, 6.07) is 16.1. The maximum absolute atomic E-state index is 12.4. The number of benzene rings is 2. The van der Waals surface area contributed by atoms with Gasteiger partial charge in [-0.3, -0.25) is 4.79 Å². The highest BCUT2D eigenvalue weighted by atomic mass is 16.5. The van der Waals surface area contributed by atoms with Crippen molar-refractivity contribution < 1.29 is 9.53 Å². The van der Waals surface area contributed by atoms with Gasteiger partial charge in [0.15, 0.2) is 6.10 Å². The zero-order chi connectivity index (χ0) is 18.6. The Balaban J connectivity index is 1.98. The normalized spacial score (nSPS) is 13.8. The van der Waals surface area contributed by atoms with E-state index in [0.29, 0.717) is 0 Å². The molecule has 2 rings (SSSR count). The predicted molar refractivity (Wildman–Crippen MR) is 103 cm³/mol. The van der Waals surface area contributed by atoms with Gasteiger partial charge in [-0.25, -0.2) is 0 Å². The van der Waals surface area contributed by atoms with Gasteiger partial charge in [0, 0.05) is 0 Å². The molecule has 0 unspecified atom stereocenters. The van der Waals surface area contributed by atoms with E-state index >= 15 is 0 Å². The van der Waals surface area contributed by atoms with Crippen LogP contribution in [-0.4, -0.2) is 12.0 Å². The van der Waals surface area contributed by atoms with Gasteiger partial charge < -0.3 is 10.1 Å². The molecule has 25 heavy (non-hydrogen) atoms. The minimum atomic E-state index is -0.544. The molecule has 134 valence electrons. The molecule has 0 aromatic heterocycles. The van der Waals surface area contributed by atoms with Crippen molar-refractivity contribution in [1.82, 2.24) is 5.32 Å². The Kier molecular flexibility index (Phi) is 5.89. The first kappa shape index (κ1) is 19.0. The van der Waals surface area contributed by atoms with E-state index < -0.39 is 6.10 Å². The van der Waals surface area contributed by atoms with Crippen molar-refractivity contribution >= 4 is 5.91 Å². The largest absolute Gasteiger partial charge is 0.481 e. The summed E-state index contributed by atoms with van der Waals surface area (Å²) in [4.78, 5) is 12.4. The number of ether oxygens (including phenoxy) is 1. The van der Waals surface area contributed by atoms with Gasteiger partial charge in [0.2, 0.25) is 0 Å². The number of carbonyl (C=O) groups is 1. The molecule has 0 aliphatic carbocycles. The molecule has 0 fully saturated rings. The molecule has 2 aromatic rings. The van der Waals surface area contributed by atoms with Crippen molar-refractivity contribution in [1.29, 1.82) is 0 Å². The summed E-state index contributed by atoms with van der Waals surface area (Å²) in [6.07, 6.45) is -0.544. The smallest absolute Gasteiger partial charge is 0.261 e. The van der Waals surface area contributed by atoms with Gasteiger partial charge in [-0.05, 0) is 48.9 Å². The summed E-state index contributed by atoms with van der Waals surface area (Å²) in [6.45, 7) is 12.3. The number of nitrogens with one attached hydrogen (secondary N) is 1. The van der Waals surface area contributed by atoms with Crippen LogP contribution in [-0.2, 0) is 10.2 Å². The molecule has 0 heterocycles. The summed E-state index contributed by atoms with van der Waals surface area (Å²) in [5, 5.41) is 3.03. The van der Waals surface area contributed by atoms with E-state index in [4.69, 9.17) is 4.74 Å². The molecule has 0 saturated carbocycles. The third-order valence-corrected chi connectivity index (χ3v) is 4.40. The lowest BCUT2D eigenvalue weighted by Gasteiger charge is -2.22. The average molecular weight is 339 g/mol. The SMILES string of the molecule is Cc1ccccc1O[C@@H](C)C(=O)N[C@H](C)c1ccc(C(C)(C)C)cc1. The highest BCUT2D eigenvalue weighted by Crippen LogP contribution is 2.24. The summed E-state index contributed by atoms with van der Waals surface area (Å²) >= 11 is 0. The van der Waals surface area contributed by atoms with E-state index in [1.54, 1.807) is 6.92 Å². The second-order valence-corrected chi connectivity index (χ2v) is 7.63. The molecule has 0 aliphatic heterocycles. The van der Waals surface area contributed by atoms with E-state index in [-0.39, 0.29) is 17.4 Å². The number of hydrogen-bond acceptors (Lipinski definition) is 2. The van der Waals surface area contributed by atoms with Crippen LogP contribution in [0.5, 0.6) is 5.75 Å². The second-order valence-electron chi connectivity index (χ2n) is 7.63. The number of rotatable bonds is 5. The van der Waals surface area contributed by atoms with E-state index in [1.807, 2.05) is 38.1 Å². The monoisotopic (exact) mass is 339 g/mol. The molecule has 3 heteroatoms. The molecule has 3 nitrogen and oxygen atoms in total. The van der Waals surface area contributed by atoms with E-state index in [2.05, 4.69) is 50.4 Å². The zero-order valence-electron chi connectivity index (χ0n) is 16.1. The molecule has 0 aliphatic rings. The fourth-order valence-electron chi connectivity index (χ4n) is 2.62. The van der Waals surface area contributed by atoms with Crippen LogP contribution in [0.15, 0.2) is 48.5 Å². The maximum Gasteiger partial charge on any atom is 0.261 e. The van der Waals surface area contributed by atoms with Gasteiger partial charge in [-0.15, -0.1) is 0 Å². The minimum absolute atomic E-state index is 0.0653. The number of hydrogen-bond donors (Lipinski definition) is 1. The Labute approximate surface area is 151 Å². The van der Waals surface area contributed by atoms with Crippen LogP contribution >= 0.6 is 0 Å². The number of carbonyl (C=O) groups excluding carboxylic acids is 1. The Bertz CT molecular complexity index is 714. The van der Waals surface area contributed by atoms with Crippen molar-refractivity contribution in [2.24, 2.45) is 0 Å². The fraction of sp³-hybridized carbons (Fsp3) is 0.409. The van der Waals surface area contributed by atoms with Crippen molar-refractivity contribution in [3.63, 3.8) is 0 Å². The summed E-state index contributed by atoms with van der Waals surface area (Å²) in [7, 11) is 0. The first-order valence-corrected chi connectivity index (χ1v) is 8.81. The second kappa shape index (κ2) is 7.73. The quantitative estimate of drug-likeness (QED) is 0.838. The molecule has 0 radical (unpaired) electrons. The zero-order valence-corrected chi connectivity index (χ0v) is 16.1. The molecular formula is C22H29NO2. The van der Waals surface area contributed by atoms with E-state index in [0.717, 1.165) is 16.9 Å². The van der Waals surface area contributed by atoms with Crippen LogP contribution in [0.1, 0.15) is 57.4 Å². The molecule has 1 N–H and O–H groups in total. The summed E-state index contributed by atoms with van der Waals surface area (Å²) in [5.41, 5.74) is 3.52. The molecule has 2 atom stereocenters. The Morgan fingerprint density at radius 2 is 1.60 bits per heavy atom. The van der Waals surface area contributed by atoms with Gasteiger partial charge in [0.1, 0.15) is 5.75 Å². The van der Waals surface area contributed by atoms with Crippen molar-refractivity contribution in [3.8, 4) is 5.75 Å². The molecule has 0 saturated heterocycles. The highest BCUT2D eigenvalue weighted by Gasteiger charge is 2.19. The average Bonchev–Trinajstić information content (AvgIpc) is 2.56. The van der Waals surface area contributed by atoms with Crippen LogP contribution in [0, 0.1) is 6.92 Å². The third-order valence-electron chi connectivity index (χ3n) is 4.40. The maximum atomic E-state index is 12.4. The Morgan fingerprint density at radius 3 is 2.16 bits per heavy atom. The van der Waals surface area contributed by atoms with Crippen LogP contribution in [0.3, 0.4) is 0 Å². The topological polar surface area (TPSA) is 38.3 Å². The standard InChI is InChI=1S/C22H29NO2/c1-15-9-7-8-10-20(15)25-17(3)21(24)23-16(2)18-11-13-19(14-12-18)22(4,5)6/h7-14,16-17H,1-6H3,(H,23,24)/t16-,17+/m1/s1. The highest BCUT2D eigenvalue weighted by molar-refractivity contribution is 5.81. The molecular weight excluding hydrogens is 310 g/mol. The molecule has 1 amide bonds. The lowest BCUT2D eigenvalue weighted by molar-refractivity contribution is -0.127. The fourth-order valence-corrected chi connectivity index (χ4v) is 2.62. The van der Waals surface area contributed by atoms with Gasteiger partial charge in [-0.1, -0.05) is 63.2 Å². The first-order valence-electron chi connectivity index (χ1n) is 8.81. The molecule has 0 bridgehead atoms. The van der Waals surface area contributed by atoms with Crippen molar-refractivity contribution in [2.75, 3.05) is 0 Å². The molecule has 0 spiro atoms. The third kappa shape index (κ3) is 5.09. The Hall–Kier alpha value is -2.29. The van der Waals surface area contributed by atoms with E-state index in [9.17, 15) is 4.79 Å². The van der Waals surface area contributed by atoms with Crippen molar-refractivity contribution in [2.45, 2.75) is 59.1 Å². The van der Waals surface area contributed by atoms with Crippen LogP contribution < -0.4 is 10.1 Å². The first-order chi connectivity index (χ1) is 11.7. The van der Waals surface area contributed by atoms with Crippen LogP contribution in [0.2, 0.25) is 0 Å².